The van der Waals surface area contributed by atoms with Crippen molar-refractivity contribution < 1.29 is 8.42 Å². The first-order valence-corrected chi connectivity index (χ1v) is 7.87. The van der Waals surface area contributed by atoms with Crippen LogP contribution in [0.4, 0.5) is 0 Å². The van der Waals surface area contributed by atoms with Gasteiger partial charge in [0.15, 0.2) is 9.84 Å². The molecule has 0 bridgehead atoms. The summed E-state index contributed by atoms with van der Waals surface area (Å²) in [5.74, 6) is 0.560. The van der Waals surface area contributed by atoms with Crippen LogP contribution < -0.4 is 5.32 Å². The number of hydrogen-bond donors (Lipinski definition) is 1. The molecule has 16 heavy (non-hydrogen) atoms. The minimum absolute atomic E-state index is 0.183. The fourth-order valence-electron chi connectivity index (χ4n) is 2.80. The molecule has 0 unspecified atom stereocenters. The van der Waals surface area contributed by atoms with Crippen LogP contribution in [0.25, 0.3) is 0 Å². The zero-order valence-corrected chi connectivity index (χ0v) is 11.9. The Morgan fingerprint density at radius 2 is 1.75 bits per heavy atom. The van der Waals surface area contributed by atoms with Crippen molar-refractivity contribution in [3.05, 3.63) is 0 Å². The minimum Gasteiger partial charge on any atom is -0.315 e. The maximum atomic E-state index is 11.9. The summed E-state index contributed by atoms with van der Waals surface area (Å²) in [6, 6.07) is 0. The van der Waals surface area contributed by atoms with Crippen LogP contribution >= 0.6 is 0 Å². The summed E-state index contributed by atoms with van der Waals surface area (Å²) >= 11 is 0. The first-order chi connectivity index (χ1) is 7.08. The molecule has 1 aliphatic carbocycles. The highest BCUT2D eigenvalue weighted by atomic mass is 32.2. The average Bonchev–Trinajstić information content (AvgIpc) is 1.97. The molecule has 1 fully saturated rings. The number of rotatable bonds is 5. The minimum atomic E-state index is -2.96. The molecule has 0 atom stereocenters. The van der Waals surface area contributed by atoms with E-state index in [1.54, 1.807) is 0 Å². The van der Waals surface area contributed by atoms with Crippen molar-refractivity contribution in [1.29, 1.82) is 0 Å². The lowest BCUT2D eigenvalue weighted by Gasteiger charge is -2.52. The van der Waals surface area contributed by atoms with Crippen LogP contribution in [0.15, 0.2) is 0 Å². The Kier molecular flexibility index (Phi) is 3.75. The summed E-state index contributed by atoms with van der Waals surface area (Å²) in [5, 5.41) is 3.29. The molecule has 1 aliphatic rings. The second-order valence-corrected chi connectivity index (χ2v) is 8.91. The van der Waals surface area contributed by atoms with Gasteiger partial charge >= 0.3 is 0 Å². The lowest BCUT2D eigenvalue weighted by atomic mass is 9.64. The smallest absolute Gasteiger partial charge is 0.154 e. The van der Waals surface area contributed by atoms with Crippen LogP contribution in [0.2, 0.25) is 0 Å². The molecule has 0 radical (unpaired) electrons. The molecular formula is C12H25NO2S. The molecule has 0 saturated heterocycles. The van der Waals surface area contributed by atoms with Crippen molar-refractivity contribution >= 4 is 9.84 Å². The zero-order valence-electron chi connectivity index (χ0n) is 11.1. The second kappa shape index (κ2) is 4.30. The monoisotopic (exact) mass is 247 g/mol. The van der Waals surface area contributed by atoms with E-state index in [2.05, 4.69) is 33.0 Å². The van der Waals surface area contributed by atoms with E-state index in [4.69, 9.17) is 0 Å². The topological polar surface area (TPSA) is 46.2 Å². The third-order valence-electron chi connectivity index (χ3n) is 3.39. The zero-order chi connectivity index (χ0) is 12.6. The second-order valence-electron chi connectivity index (χ2n) is 6.50. The Bertz CT molecular complexity index is 336. The molecule has 0 spiro atoms. The maximum Gasteiger partial charge on any atom is 0.154 e. The molecule has 3 nitrogen and oxygen atoms in total. The third kappa shape index (κ3) is 2.98. The Balaban J connectivity index is 2.63. The lowest BCUT2D eigenvalue weighted by molar-refractivity contribution is 0.116. The van der Waals surface area contributed by atoms with Crippen molar-refractivity contribution in [3.8, 4) is 0 Å². The van der Waals surface area contributed by atoms with Crippen molar-refractivity contribution in [2.75, 3.05) is 19.3 Å². The summed E-state index contributed by atoms with van der Waals surface area (Å²) in [5.41, 5.74) is 0.183. The molecule has 1 N–H and O–H groups in total. The summed E-state index contributed by atoms with van der Waals surface area (Å²) in [7, 11) is -2.96. The quantitative estimate of drug-likeness (QED) is 0.806. The number of sulfone groups is 1. The van der Waals surface area contributed by atoms with Crippen molar-refractivity contribution in [1.82, 2.24) is 5.32 Å². The predicted octanol–water partition coefficient (Wildman–Crippen LogP) is 1.84. The van der Waals surface area contributed by atoms with Gasteiger partial charge in [-0.1, -0.05) is 27.7 Å². The molecular weight excluding hydrogens is 222 g/mol. The van der Waals surface area contributed by atoms with E-state index in [1.165, 1.54) is 6.26 Å². The molecule has 1 rings (SSSR count). The van der Waals surface area contributed by atoms with Gasteiger partial charge < -0.3 is 5.32 Å². The van der Waals surface area contributed by atoms with E-state index >= 15 is 0 Å². The van der Waals surface area contributed by atoms with E-state index in [0.717, 1.165) is 19.4 Å². The van der Waals surface area contributed by atoms with Crippen molar-refractivity contribution in [2.24, 2.45) is 11.3 Å². The molecule has 0 amide bonds. The van der Waals surface area contributed by atoms with E-state index in [0.29, 0.717) is 12.5 Å². The van der Waals surface area contributed by atoms with Crippen LogP contribution in [0.1, 0.15) is 40.5 Å². The molecule has 1 saturated carbocycles. The average molecular weight is 247 g/mol. The van der Waals surface area contributed by atoms with Crippen LogP contribution in [0.5, 0.6) is 0 Å². The van der Waals surface area contributed by atoms with E-state index in [9.17, 15) is 8.42 Å². The van der Waals surface area contributed by atoms with Gasteiger partial charge in [0.05, 0.1) is 4.75 Å². The van der Waals surface area contributed by atoms with Gasteiger partial charge in [-0.3, -0.25) is 0 Å². The fraction of sp³-hybridized carbons (Fsp3) is 1.00. The van der Waals surface area contributed by atoms with Crippen LogP contribution in [-0.4, -0.2) is 32.5 Å². The van der Waals surface area contributed by atoms with Gasteiger partial charge in [-0.25, -0.2) is 8.42 Å². The number of hydrogen-bond acceptors (Lipinski definition) is 3. The first kappa shape index (κ1) is 14.0. The van der Waals surface area contributed by atoms with Gasteiger partial charge in [0.1, 0.15) is 0 Å². The van der Waals surface area contributed by atoms with Crippen molar-refractivity contribution in [2.45, 2.75) is 45.3 Å². The Morgan fingerprint density at radius 3 is 2.06 bits per heavy atom. The molecule has 0 aromatic carbocycles. The van der Waals surface area contributed by atoms with Gasteiger partial charge in [0.25, 0.3) is 0 Å². The largest absolute Gasteiger partial charge is 0.315 e. The highest BCUT2D eigenvalue weighted by Gasteiger charge is 2.55. The Labute approximate surface area is 99.9 Å². The molecule has 4 heteroatoms. The van der Waals surface area contributed by atoms with Gasteiger partial charge in [0.2, 0.25) is 0 Å². The van der Waals surface area contributed by atoms with Crippen LogP contribution in [0.3, 0.4) is 0 Å². The highest BCUT2D eigenvalue weighted by molar-refractivity contribution is 7.92. The van der Waals surface area contributed by atoms with Crippen molar-refractivity contribution in [3.63, 3.8) is 0 Å². The maximum absolute atomic E-state index is 11.9. The fourth-order valence-corrected chi connectivity index (χ4v) is 4.47. The Hall–Kier alpha value is -0.0900. The van der Waals surface area contributed by atoms with Crippen LogP contribution in [-0.2, 0) is 9.84 Å². The van der Waals surface area contributed by atoms with Gasteiger partial charge in [-0.2, -0.15) is 0 Å². The van der Waals surface area contributed by atoms with E-state index in [-0.39, 0.29) is 5.41 Å². The SMILES string of the molecule is CC(C)CNCC1(S(C)(=O)=O)CC(C)(C)C1. The lowest BCUT2D eigenvalue weighted by Crippen LogP contribution is -2.59. The molecule has 96 valence electrons. The van der Waals surface area contributed by atoms with E-state index in [1.807, 2.05) is 0 Å². The summed E-state index contributed by atoms with van der Waals surface area (Å²) < 4.78 is 23.2. The normalized spacial score (nSPS) is 23.1. The molecule has 0 aromatic rings. The predicted molar refractivity (Wildman–Crippen MR) is 68.3 cm³/mol. The van der Waals surface area contributed by atoms with Gasteiger partial charge in [-0.15, -0.1) is 0 Å². The summed E-state index contributed by atoms with van der Waals surface area (Å²) in [4.78, 5) is 0. The highest BCUT2D eigenvalue weighted by Crippen LogP contribution is 2.51. The molecule has 0 aromatic heterocycles. The first-order valence-electron chi connectivity index (χ1n) is 5.98. The molecule has 0 heterocycles. The third-order valence-corrected chi connectivity index (χ3v) is 5.39. The van der Waals surface area contributed by atoms with Gasteiger partial charge in [0, 0.05) is 12.8 Å². The number of nitrogens with one attached hydrogen (secondary N) is 1. The van der Waals surface area contributed by atoms with Gasteiger partial charge in [-0.05, 0) is 30.7 Å². The van der Waals surface area contributed by atoms with E-state index < -0.39 is 14.6 Å². The summed E-state index contributed by atoms with van der Waals surface area (Å²) in [6.45, 7) is 10.0. The standard InChI is InChI=1S/C12H25NO2S/c1-10(2)6-13-9-12(16(5,14)15)7-11(3,4)8-12/h10,13H,6-9H2,1-5H3. The van der Waals surface area contributed by atoms with Crippen LogP contribution in [0, 0.1) is 11.3 Å². The molecule has 0 aliphatic heterocycles. The Morgan fingerprint density at radius 1 is 1.25 bits per heavy atom. The summed E-state index contributed by atoms with van der Waals surface area (Å²) in [6.07, 6.45) is 2.94.